The molecule has 104 valence electrons. The van der Waals surface area contributed by atoms with E-state index >= 15 is 0 Å². The summed E-state index contributed by atoms with van der Waals surface area (Å²) in [4.78, 5) is 15.4. The Bertz CT molecular complexity index is 429. The Labute approximate surface area is 119 Å². The quantitative estimate of drug-likeness (QED) is 0.466. The first-order valence-corrected chi connectivity index (χ1v) is 6.89. The molecule has 1 rings (SSSR count). The van der Waals surface area contributed by atoms with Gasteiger partial charge in [-0.2, -0.15) is 4.99 Å². The number of carbonyl (C=O) groups is 1. The fourth-order valence-electron chi connectivity index (χ4n) is 1.60. The number of nitrogens with zero attached hydrogens (tertiary/aromatic N) is 1. The molecule has 0 unspecified atom stereocenters. The minimum absolute atomic E-state index is 0.377. The molecular weight excluding hydrogens is 262 g/mol. The standard InChI is InChI=1S/C14H20ClN3O/c1-2-3-4-5-6-13(16)18-14(19)17-12-9-7-11(15)8-10-12/h7-10H,2-6H2,1H3,(H3,16,17,18,19). The highest BCUT2D eigenvalue weighted by Crippen LogP contribution is 2.13. The van der Waals surface area contributed by atoms with Gasteiger partial charge < -0.3 is 11.1 Å². The maximum atomic E-state index is 11.6. The van der Waals surface area contributed by atoms with Crippen LogP contribution in [0.1, 0.15) is 39.0 Å². The van der Waals surface area contributed by atoms with Crippen LogP contribution in [-0.2, 0) is 0 Å². The topological polar surface area (TPSA) is 67.5 Å². The minimum Gasteiger partial charge on any atom is -0.387 e. The highest BCUT2D eigenvalue weighted by Gasteiger charge is 2.01. The van der Waals surface area contributed by atoms with Crippen LogP contribution in [0.25, 0.3) is 0 Å². The molecule has 0 fully saturated rings. The van der Waals surface area contributed by atoms with Crippen LogP contribution in [0, 0.1) is 0 Å². The van der Waals surface area contributed by atoms with E-state index in [1.54, 1.807) is 24.3 Å². The number of anilines is 1. The van der Waals surface area contributed by atoms with Crippen molar-refractivity contribution in [1.29, 1.82) is 0 Å². The molecule has 0 aliphatic carbocycles. The predicted octanol–water partition coefficient (Wildman–Crippen LogP) is 4.20. The van der Waals surface area contributed by atoms with Crippen molar-refractivity contribution in [2.24, 2.45) is 10.7 Å². The van der Waals surface area contributed by atoms with Crippen molar-refractivity contribution in [3.05, 3.63) is 29.3 Å². The number of nitrogens with one attached hydrogen (secondary N) is 1. The summed E-state index contributed by atoms with van der Waals surface area (Å²) in [5.41, 5.74) is 6.35. The summed E-state index contributed by atoms with van der Waals surface area (Å²) in [7, 11) is 0. The van der Waals surface area contributed by atoms with Crippen LogP contribution >= 0.6 is 11.6 Å². The zero-order valence-corrected chi connectivity index (χ0v) is 11.9. The van der Waals surface area contributed by atoms with E-state index in [1.807, 2.05) is 0 Å². The van der Waals surface area contributed by atoms with Gasteiger partial charge in [-0.25, -0.2) is 4.79 Å². The Hall–Kier alpha value is -1.55. The monoisotopic (exact) mass is 281 g/mol. The lowest BCUT2D eigenvalue weighted by atomic mass is 10.1. The lowest BCUT2D eigenvalue weighted by Crippen LogP contribution is -2.17. The Morgan fingerprint density at radius 3 is 2.58 bits per heavy atom. The summed E-state index contributed by atoms with van der Waals surface area (Å²) in [6, 6.07) is 6.39. The van der Waals surface area contributed by atoms with Gasteiger partial charge in [0.1, 0.15) is 5.84 Å². The third-order valence-electron chi connectivity index (χ3n) is 2.63. The fourth-order valence-corrected chi connectivity index (χ4v) is 1.73. The summed E-state index contributed by atoms with van der Waals surface area (Å²) < 4.78 is 0. The van der Waals surface area contributed by atoms with Gasteiger partial charge in [0.2, 0.25) is 0 Å². The smallest absolute Gasteiger partial charge is 0.347 e. The van der Waals surface area contributed by atoms with E-state index in [0.29, 0.717) is 23.0 Å². The molecule has 5 heteroatoms. The number of nitrogens with two attached hydrogens (primary N) is 1. The largest absolute Gasteiger partial charge is 0.387 e. The fraction of sp³-hybridized carbons (Fsp3) is 0.429. The Morgan fingerprint density at radius 1 is 1.26 bits per heavy atom. The number of amides is 2. The van der Waals surface area contributed by atoms with Crippen molar-refractivity contribution in [1.82, 2.24) is 0 Å². The van der Waals surface area contributed by atoms with Crippen LogP contribution < -0.4 is 11.1 Å². The van der Waals surface area contributed by atoms with E-state index in [2.05, 4.69) is 17.2 Å². The second-order valence-corrected chi connectivity index (χ2v) is 4.79. The van der Waals surface area contributed by atoms with Gasteiger partial charge in [-0.1, -0.05) is 37.8 Å². The third kappa shape index (κ3) is 6.82. The number of hydrogen-bond donors (Lipinski definition) is 2. The first kappa shape index (κ1) is 15.5. The van der Waals surface area contributed by atoms with Crippen LogP contribution in [0.5, 0.6) is 0 Å². The SMILES string of the molecule is CCCCCCC(N)=NC(=O)Nc1ccc(Cl)cc1. The molecule has 0 heterocycles. The maximum Gasteiger partial charge on any atom is 0.347 e. The van der Waals surface area contributed by atoms with E-state index in [-0.39, 0.29) is 0 Å². The normalized spacial score (nSPS) is 11.4. The number of amidine groups is 1. The minimum atomic E-state index is -0.449. The van der Waals surface area contributed by atoms with E-state index < -0.39 is 6.03 Å². The van der Waals surface area contributed by atoms with Crippen LogP contribution in [0.3, 0.4) is 0 Å². The third-order valence-corrected chi connectivity index (χ3v) is 2.88. The summed E-state index contributed by atoms with van der Waals surface area (Å²) in [5, 5.41) is 3.26. The molecule has 1 aromatic carbocycles. The molecule has 0 aliphatic rings. The molecule has 19 heavy (non-hydrogen) atoms. The number of aliphatic imine (C=N–C) groups is 1. The predicted molar refractivity (Wildman–Crippen MR) is 80.9 cm³/mol. The lowest BCUT2D eigenvalue weighted by molar-refractivity contribution is 0.259. The van der Waals surface area contributed by atoms with Gasteiger partial charge in [0.15, 0.2) is 0 Å². The average Bonchev–Trinajstić information content (AvgIpc) is 2.37. The average molecular weight is 282 g/mol. The molecule has 4 nitrogen and oxygen atoms in total. The van der Waals surface area contributed by atoms with Gasteiger partial charge in [-0.15, -0.1) is 0 Å². The van der Waals surface area contributed by atoms with Crippen molar-refractivity contribution >= 4 is 29.2 Å². The molecule has 3 N–H and O–H groups in total. The Morgan fingerprint density at radius 2 is 1.95 bits per heavy atom. The number of urea groups is 1. The van der Waals surface area contributed by atoms with Gasteiger partial charge >= 0.3 is 6.03 Å². The number of hydrogen-bond acceptors (Lipinski definition) is 1. The maximum absolute atomic E-state index is 11.6. The van der Waals surface area contributed by atoms with E-state index in [1.165, 1.54) is 12.8 Å². The number of unbranched alkanes of at least 4 members (excludes halogenated alkanes) is 3. The summed E-state index contributed by atoms with van der Waals surface area (Å²) in [6.45, 7) is 2.15. The van der Waals surface area contributed by atoms with Gasteiger partial charge in [0.25, 0.3) is 0 Å². The Kier molecular flexibility index (Phi) is 6.97. The van der Waals surface area contributed by atoms with Crippen molar-refractivity contribution in [2.45, 2.75) is 39.0 Å². The molecule has 0 bridgehead atoms. The molecule has 0 radical (unpaired) electrons. The van der Waals surface area contributed by atoms with Gasteiger partial charge in [0, 0.05) is 17.1 Å². The van der Waals surface area contributed by atoms with Crippen LogP contribution in [-0.4, -0.2) is 11.9 Å². The zero-order valence-electron chi connectivity index (χ0n) is 11.2. The molecular formula is C14H20ClN3O. The van der Waals surface area contributed by atoms with Crippen molar-refractivity contribution in [3.8, 4) is 0 Å². The number of carbonyl (C=O) groups excluding carboxylic acids is 1. The second kappa shape index (κ2) is 8.53. The van der Waals surface area contributed by atoms with Crippen molar-refractivity contribution in [3.63, 3.8) is 0 Å². The molecule has 0 spiro atoms. The van der Waals surface area contributed by atoms with Gasteiger partial charge in [0.05, 0.1) is 0 Å². The van der Waals surface area contributed by atoms with E-state index in [0.717, 1.165) is 12.8 Å². The molecule has 0 atom stereocenters. The summed E-state index contributed by atoms with van der Waals surface area (Å²) >= 11 is 5.76. The van der Waals surface area contributed by atoms with Crippen molar-refractivity contribution in [2.75, 3.05) is 5.32 Å². The van der Waals surface area contributed by atoms with Crippen LogP contribution in [0.2, 0.25) is 5.02 Å². The molecule has 0 saturated carbocycles. The highest BCUT2D eigenvalue weighted by molar-refractivity contribution is 6.30. The number of rotatable bonds is 6. The first-order chi connectivity index (χ1) is 9.11. The van der Waals surface area contributed by atoms with E-state index in [4.69, 9.17) is 17.3 Å². The highest BCUT2D eigenvalue weighted by atomic mass is 35.5. The molecule has 2 amide bonds. The van der Waals surface area contributed by atoms with Crippen LogP contribution in [0.15, 0.2) is 29.3 Å². The number of halogens is 1. The second-order valence-electron chi connectivity index (χ2n) is 4.35. The van der Waals surface area contributed by atoms with Crippen molar-refractivity contribution < 1.29 is 4.79 Å². The molecule has 1 aromatic rings. The summed E-state index contributed by atoms with van der Waals surface area (Å²) in [6.07, 6.45) is 5.11. The number of benzene rings is 1. The lowest BCUT2D eigenvalue weighted by Gasteiger charge is -2.03. The van der Waals surface area contributed by atoms with Gasteiger partial charge in [-0.05, 0) is 30.7 Å². The van der Waals surface area contributed by atoms with E-state index in [9.17, 15) is 4.79 Å². The zero-order chi connectivity index (χ0) is 14.1. The molecule has 0 aromatic heterocycles. The first-order valence-electron chi connectivity index (χ1n) is 6.51. The molecule has 0 saturated heterocycles. The molecule has 0 aliphatic heterocycles. The van der Waals surface area contributed by atoms with Gasteiger partial charge in [-0.3, -0.25) is 0 Å². The van der Waals surface area contributed by atoms with Crippen LogP contribution in [0.4, 0.5) is 10.5 Å². The summed E-state index contributed by atoms with van der Waals surface area (Å²) in [5.74, 6) is 0.377. The Balaban J connectivity index is 2.38.